The SMILES string of the molecule is CC/C=C\C/C=C\C/C=C\C/C=C\C/C=C\CCCC(=O)OC[C@H](COP(=O)(O)O)OC(=O)CCCCCCCCCCC/C=C\C/C=C\CCCCC. The van der Waals surface area contributed by atoms with Crippen LogP contribution in [0.2, 0.25) is 0 Å². The number of esters is 2. The minimum absolute atomic E-state index is 0.184. The Morgan fingerprint density at radius 3 is 1.39 bits per heavy atom. The van der Waals surface area contributed by atoms with E-state index in [9.17, 15) is 14.2 Å². The van der Waals surface area contributed by atoms with Crippen LogP contribution in [0.1, 0.15) is 168 Å². The van der Waals surface area contributed by atoms with Crippen LogP contribution in [-0.2, 0) is 28.2 Å². The molecule has 0 heterocycles. The van der Waals surface area contributed by atoms with Gasteiger partial charge in [-0.15, -0.1) is 0 Å². The summed E-state index contributed by atoms with van der Waals surface area (Å²) in [6.07, 6.45) is 53.1. The average molecular weight is 775 g/mol. The molecule has 0 aliphatic carbocycles. The highest BCUT2D eigenvalue weighted by atomic mass is 31.2. The number of allylic oxidation sites excluding steroid dienone is 14. The van der Waals surface area contributed by atoms with Crippen LogP contribution in [0.4, 0.5) is 0 Å². The van der Waals surface area contributed by atoms with E-state index in [1.807, 2.05) is 6.08 Å². The molecule has 54 heavy (non-hydrogen) atoms. The highest BCUT2D eigenvalue weighted by Gasteiger charge is 2.22. The monoisotopic (exact) mass is 775 g/mol. The summed E-state index contributed by atoms with van der Waals surface area (Å²) in [6, 6.07) is 0. The summed E-state index contributed by atoms with van der Waals surface area (Å²) in [5, 5.41) is 0. The molecule has 0 aromatic carbocycles. The fraction of sp³-hybridized carbons (Fsp3) is 0.644. The first-order valence-electron chi connectivity index (χ1n) is 20.9. The molecule has 1 atom stereocenters. The number of carbonyl (C=O) groups is 2. The fourth-order valence-electron chi connectivity index (χ4n) is 5.32. The van der Waals surface area contributed by atoms with E-state index in [2.05, 4.69) is 97.4 Å². The molecule has 0 fully saturated rings. The molecule has 0 spiro atoms. The van der Waals surface area contributed by atoms with Crippen LogP contribution in [0, 0.1) is 0 Å². The molecule has 308 valence electrons. The molecule has 0 aliphatic heterocycles. The molecule has 8 nitrogen and oxygen atoms in total. The molecule has 9 heteroatoms. The number of hydrogen-bond acceptors (Lipinski definition) is 6. The van der Waals surface area contributed by atoms with Crippen LogP contribution in [0.5, 0.6) is 0 Å². The Bertz CT molecular complexity index is 1140. The number of phosphoric ester groups is 1. The summed E-state index contributed by atoms with van der Waals surface area (Å²) in [7, 11) is -4.77. The quantitative estimate of drug-likeness (QED) is 0.0277. The van der Waals surface area contributed by atoms with Gasteiger partial charge in [-0.25, -0.2) is 4.57 Å². The van der Waals surface area contributed by atoms with Crippen molar-refractivity contribution < 1.29 is 37.9 Å². The molecule has 0 saturated heterocycles. The van der Waals surface area contributed by atoms with Gasteiger partial charge in [-0.05, 0) is 83.5 Å². The van der Waals surface area contributed by atoms with Crippen LogP contribution in [0.25, 0.3) is 0 Å². The average Bonchev–Trinajstić information content (AvgIpc) is 3.14. The van der Waals surface area contributed by atoms with Crippen LogP contribution in [0.3, 0.4) is 0 Å². The molecular formula is C45H75O8P. The summed E-state index contributed by atoms with van der Waals surface area (Å²) in [5.74, 6) is -0.964. The van der Waals surface area contributed by atoms with Crippen molar-refractivity contribution in [3.8, 4) is 0 Å². The first kappa shape index (κ1) is 51.2. The van der Waals surface area contributed by atoms with E-state index in [1.54, 1.807) is 0 Å². The van der Waals surface area contributed by atoms with Gasteiger partial charge in [0.25, 0.3) is 0 Å². The highest BCUT2D eigenvalue weighted by molar-refractivity contribution is 7.46. The summed E-state index contributed by atoms with van der Waals surface area (Å²) in [5.41, 5.74) is 0. The number of hydrogen-bond donors (Lipinski definition) is 2. The Morgan fingerprint density at radius 2 is 0.907 bits per heavy atom. The van der Waals surface area contributed by atoms with Crippen LogP contribution in [-0.4, -0.2) is 41.0 Å². The molecule has 0 saturated carbocycles. The van der Waals surface area contributed by atoms with E-state index in [4.69, 9.17) is 19.3 Å². The van der Waals surface area contributed by atoms with E-state index < -0.39 is 32.5 Å². The van der Waals surface area contributed by atoms with Crippen molar-refractivity contribution in [3.63, 3.8) is 0 Å². The summed E-state index contributed by atoms with van der Waals surface area (Å²) in [6.45, 7) is 3.49. The molecule has 0 aliphatic rings. The zero-order valence-electron chi connectivity index (χ0n) is 33.8. The Hall–Kier alpha value is -2.77. The minimum Gasteiger partial charge on any atom is -0.462 e. The fourth-order valence-corrected chi connectivity index (χ4v) is 5.68. The number of unbranched alkanes of at least 4 members (excludes halogenated alkanes) is 13. The lowest BCUT2D eigenvalue weighted by molar-refractivity contribution is -0.161. The third kappa shape index (κ3) is 42.0. The number of carbonyl (C=O) groups excluding carboxylic acids is 2. The van der Waals surface area contributed by atoms with E-state index in [-0.39, 0.29) is 19.4 Å². The predicted molar refractivity (Wildman–Crippen MR) is 225 cm³/mol. The van der Waals surface area contributed by atoms with Crippen LogP contribution < -0.4 is 0 Å². The van der Waals surface area contributed by atoms with Crippen LogP contribution >= 0.6 is 7.82 Å². The van der Waals surface area contributed by atoms with Gasteiger partial charge in [0, 0.05) is 12.8 Å². The molecular weight excluding hydrogens is 699 g/mol. The normalized spacial score (nSPS) is 13.3. The highest BCUT2D eigenvalue weighted by Crippen LogP contribution is 2.36. The van der Waals surface area contributed by atoms with Crippen molar-refractivity contribution in [2.24, 2.45) is 0 Å². The van der Waals surface area contributed by atoms with Crippen molar-refractivity contribution in [2.75, 3.05) is 13.2 Å². The molecule has 0 unspecified atom stereocenters. The molecule has 2 N–H and O–H groups in total. The van der Waals surface area contributed by atoms with Gasteiger partial charge in [0.15, 0.2) is 6.10 Å². The zero-order valence-corrected chi connectivity index (χ0v) is 34.7. The van der Waals surface area contributed by atoms with Gasteiger partial charge < -0.3 is 19.3 Å². The maximum atomic E-state index is 12.4. The Morgan fingerprint density at radius 1 is 0.500 bits per heavy atom. The molecule has 0 bridgehead atoms. The Labute approximate surface area is 329 Å². The zero-order chi connectivity index (χ0) is 39.6. The molecule has 0 radical (unpaired) electrons. The third-order valence-corrected chi connectivity index (χ3v) is 8.88. The standard InChI is InChI=1S/C45H75O8P/c1-3-5-7-9-11-13-15-17-19-21-22-24-26-28-30-32-34-36-38-40-45(47)53-43(42-52-54(48,49)50)41-51-44(46)39-37-35-33-31-29-27-25-23-20-18-16-14-12-10-8-6-4-2/h6,8,11-14,17-20,25,27,31,33,43H,3-5,7,9-10,15-16,21-24,26,28-30,32,34-42H2,1-2H3,(H2,48,49,50)/b8-6-,13-11-,14-12-,19-17-,20-18-,27-25-,33-31-/t43-/m1/s1. The number of ether oxygens (including phenoxy) is 2. The second-order valence-corrected chi connectivity index (χ2v) is 14.8. The number of rotatable bonds is 37. The van der Waals surface area contributed by atoms with Crippen LogP contribution in [0.15, 0.2) is 85.1 Å². The lowest BCUT2D eigenvalue weighted by Gasteiger charge is -2.18. The van der Waals surface area contributed by atoms with Gasteiger partial charge in [-0.3, -0.25) is 14.1 Å². The molecule has 0 aromatic heterocycles. The molecule has 0 rings (SSSR count). The van der Waals surface area contributed by atoms with E-state index in [0.717, 1.165) is 70.6 Å². The van der Waals surface area contributed by atoms with Crippen molar-refractivity contribution in [1.29, 1.82) is 0 Å². The van der Waals surface area contributed by atoms with Gasteiger partial charge in [0.1, 0.15) is 6.61 Å². The summed E-state index contributed by atoms with van der Waals surface area (Å²) >= 11 is 0. The third-order valence-electron chi connectivity index (χ3n) is 8.40. The topological polar surface area (TPSA) is 119 Å². The van der Waals surface area contributed by atoms with E-state index in [0.29, 0.717) is 12.8 Å². The maximum absolute atomic E-state index is 12.4. The first-order valence-corrected chi connectivity index (χ1v) is 22.4. The van der Waals surface area contributed by atoms with Crippen molar-refractivity contribution in [3.05, 3.63) is 85.1 Å². The lowest BCUT2D eigenvalue weighted by Crippen LogP contribution is -2.29. The predicted octanol–water partition coefficient (Wildman–Crippen LogP) is 12.8. The first-order chi connectivity index (χ1) is 26.3. The molecule has 0 amide bonds. The largest absolute Gasteiger partial charge is 0.469 e. The summed E-state index contributed by atoms with van der Waals surface area (Å²) in [4.78, 5) is 42.8. The smallest absolute Gasteiger partial charge is 0.462 e. The van der Waals surface area contributed by atoms with Gasteiger partial charge in [0.2, 0.25) is 0 Å². The molecule has 0 aromatic rings. The second-order valence-electron chi connectivity index (χ2n) is 13.6. The van der Waals surface area contributed by atoms with Crippen molar-refractivity contribution >= 4 is 19.8 Å². The van der Waals surface area contributed by atoms with Crippen molar-refractivity contribution in [2.45, 2.75) is 174 Å². The maximum Gasteiger partial charge on any atom is 0.469 e. The van der Waals surface area contributed by atoms with Gasteiger partial charge in [-0.1, -0.05) is 157 Å². The minimum atomic E-state index is -4.77. The Balaban J connectivity index is 4.03. The van der Waals surface area contributed by atoms with Gasteiger partial charge in [-0.2, -0.15) is 0 Å². The lowest BCUT2D eigenvalue weighted by atomic mass is 10.1. The van der Waals surface area contributed by atoms with Gasteiger partial charge in [0.05, 0.1) is 6.61 Å². The van der Waals surface area contributed by atoms with Crippen molar-refractivity contribution in [1.82, 2.24) is 0 Å². The van der Waals surface area contributed by atoms with Gasteiger partial charge >= 0.3 is 19.8 Å². The number of phosphoric acid groups is 1. The second kappa shape index (κ2) is 39.9. The Kier molecular flexibility index (Phi) is 37.9. The summed E-state index contributed by atoms with van der Waals surface area (Å²) < 4.78 is 26.3. The van der Waals surface area contributed by atoms with E-state index in [1.165, 1.54) is 57.8 Å². The van der Waals surface area contributed by atoms with E-state index >= 15 is 0 Å².